The minimum Gasteiger partial charge on any atom is -0.478 e. The van der Waals surface area contributed by atoms with Gasteiger partial charge in [0.05, 0.1) is 6.61 Å². The second-order valence-corrected chi connectivity index (χ2v) is 6.36. The average molecular weight is 371 g/mol. The van der Waals surface area contributed by atoms with E-state index >= 15 is 0 Å². The van der Waals surface area contributed by atoms with Gasteiger partial charge in [0.15, 0.2) is 5.88 Å². The summed E-state index contributed by atoms with van der Waals surface area (Å²) in [6.45, 7) is 4.23. The summed E-state index contributed by atoms with van der Waals surface area (Å²) in [4.78, 5) is 17.5. The van der Waals surface area contributed by atoms with Gasteiger partial charge in [0, 0.05) is 23.2 Å². The number of halogens is 1. The minimum atomic E-state index is -0.412. The van der Waals surface area contributed by atoms with Gasteiger partial charge in [-0.1, -0.05) is 23.7 Å². The second-order valence-electron chi connectivity index (χ2n) is 5.96. The van der Waals surface area contributed by atoms with E-state index in [2.05, 4.69) is 9.97 Å². The topological polar surface area (TPSA) is 64.2 Å². The first-order chi connectivity index (χ1) is 12.5. The van der Waals surface area contributed by atoms with Crippen LogP contribution in [-0.2, 0) is 6.42 Å². The second kappa shape index (κ2) is 8.06. The summed E-state index contributed by atoms with van der Waals surface area (Å²) in [6, 6.07) is 13.4. The third-order valence-electron chi connectivity index (χ3n) is 3.88. The van der Waals surface area contributed by atoms with Crippen LogP contribution in [0.4, 0.5) is 0 Å². The van der Waals surface area contributed by atoms with Crippen molar-refractivity contribution in [1.29, 1.82) is 0 Å². The molecule has 1 aromatic heterocycles. The van der Waals surface area contributed by atoms with E-state index < -0.39 is 5.69 Å². The molecule has 0 radical (unpaired) electrons. The van der Waals surface area contributed by atoms with Gasteiger partial charge in [-0.05, 0) is 55.3 Å². The molecule has 6 heteroatoms. The molecule has 3 rings (SSSR count). The molecule has 0 aliphatic rings. The Morgan fingerprint density at radius 2 is 1.77 bits per heavy atom. The zero-order valence-electron chi connectivity index (χ0n) is 14.6. The Bertz CT molecular complexity index is 952. The van der Waals surface area contributed by atoms with E-state index in [9.17, 15) is 4.79 Å². The molecule has 3 aromatic rings. The Hall–Kier alpha value is -2.79. The molecule has 0 aliphatic carbocycles. The summed E-state index contributed by atoms with van der Waals surface area (Å²) in [5, 5.41) is 0.721. The molecule has 0 amide bonds. The van der Waals surface area contributed by atoms with Crippen LogP contribution in [0, 0.1) is 13.8 Å². The Balaban J connectivity index is 1.56. The smallest absolute Gasteiger partial charge is 0.347 e. The SMILES string of the molecule is Cc1cc(Oc2ccc(CCOc3[nH]c(=O)ncc3C)cc2)ccc1Cl. The van der Waals surface area contributed by atoms with Crippen molar-refractivity contribution >= 4 is 11.6 Å². The van der Waals surface area contributed by atoms with Gasteiger partial charge in [0.2, 0.25) is 0 Å². The molecule has 0 fully saturated rings. The van der Waals surface area contributed by atoms with Crippen LogP contribution in [0.5, 0.6) is 17.4 Å². The lowest BCUT2D eigenvalue weighted by Gasteiger charge is -2.09. The number of aryl methyl sites for hydroxylation is 2. The number of rotatable bonds is 6. The quantitative estimate of drug-likeness (QED) is 0.696. The lowest BCUT2D eigenvalue weighted by atomic mass is 10.1. The number of nitrogens with zero attached hydrogens (tertiary/aromatic N) is 1. The maximum absolute atomic E-state index is 11.2. The van der Waals surface area contributed by atoms with Crippen molar-refractivity contribution < 1.29 is 9.47 Å². The number of H-pyrrole nitrogens is 1. The van der Waals surface area contributed by atoms with Gasteiger partial charge in [0.25, 0.3) is 0 Å². The summed E-state index contributed by atoms with van der Waals surface area (Å²) >= 11 is 6.03. The molecule has 26 heavy (non-hydrogen) atoms. The molecule has 0 saturated heterocycles. The Morgan fingerprint density at radius 3 is 2.50 bits per heavy atom. The number of hydrogen-bond acceptors (Lipinski definition) is 4. The van der Waals surface area contributed by atoms with Crippen molar-refractivity contribution in [3.05, 3.63) is 80.9 Å². The van der Waals surface area contributed by atoms with Crippen molar-refractivity contribution in [1.82, 2.24) is 9.97 Å². The first-order valence-electron chi connectivity index (χ1n) is 8.23. The molecule has 0 aliphatic heterocycles. The maximum Gasteiger partial charge on any atom is 0.347 e. The summed E-state index contributed by atoms with van der Waals surface area (Å²) in [5.41, 5.74) is 2.47. The summed E-state index contributed by atoms with van der Waals surface area (Å²) in [6.07, 6.45) is 2.21. The van der Waals surface area contributed by atoms with Crippen molar-refractivity contribution in [3.63, 3.8) is 0 Å². The van der Waals surface area contributed by atoms with E-state index in [1.165, 1.54) is 6.20 Å². The molecule has 0 unspecified atom stereocenters. The van der Waals surface area contributed by atoms with E-state index in [1.807, 2.05) is 56.3 Å². The first-order valence-corrected chi connectivity index (χ1v) is 8.61. The molecular weight excluding hydrogens is 352 g/mol. The highest BCUT2D eigenvalue weighted by Crippen LogP contribution is 2.26. The number of benzene rings is 2. The van der Waals surface area contributed by atoms with Crippen molar-refractivity contribution in [2.24, 2.45) is 0 Å². The van der Waals surface area contributed by atoms with E-state index in [4.69, 9.17) is 21.1 Å². The van der Waals surface area contributed by atoms with E-state index in [1.54, 1.807) is 0 Å². The lowest BCUT2D eigenvalue weighted by molar-refractivity contribution is 0.305. The number of hydrogen-bond donors (Lipinski definition) is 1. The third-order valence-corrected chi connectivity index (χ3v) is 4.30. The number of ether oxygens (including phenoxy) is 2. The fourth-order valence-electron chi connectivity index (χ4n) is 2.40. The zero-order chi connectivity index (χ0) is 18.5. The van der Waals surface area contributed by atoms with Crippen LogP contribution >= 0.6 is 11.6 Å². The molecule has 0 atom stereocenters. The lowest BCUT2D eigenvalue weighted by Crippen LogP contribution is -2.13. The minimum absolute atomic E-state index is 0.412. The number of aromatic amines is 1. The standard InChI is InChI=1S/C20H19ClN2O3/c1-13-11-17(7-8-18(13)21)26-16-5-3-15(4-6-16)9-10-25-19-14(2)12-22-20(24)23-19/h3-8,11-12H,9-10H2,1-2H3,(H,22,23,24). The molecule has 2 aromatic carbocycles. The van der Waals surface area contributed by atoms with Gasteiger partial charge in [-0.3, -0.25) is 4.98 Å². The van der Waals surface area contributed by atoms with Crippen LogP contribution in [-0.4, -0.2) is 16.6 Å². The molecule has 0 spiro atoms. The Labute approximate surface area is 156 Å². The summed E-state index contributed by atoms with van der Waals surface area (Å²) in [7, 11) is 0. The molecule has 1 heterocycles. The summed E-state index contributed by atoms with van der Waals surface area (Å²) < 4.78 is 11.5. The van der Waals surface area contributed by atoms with Crippen LogP contribution in [0.1, 0.15) is 16.7 Å². The maximum atomic E-state index is 11.2. The third kappa shape index (κ3) is 4.64. The van der Waals surface area contributed by atoms with E-state index in [-0.39, 0.29) is 0 Å². The Morgan fingerprint density at radius 1 is 1.04 bits per heavy atom. The van der Waals surface area contributed by atoms with Crippen molar-refractivity contribution in [2.75, 3.05) is 6.61 Å². The highest BCUT2D eigenvalue weighted by molar-refractivity contribution is 6.31. The van der Waals surface area contributed by atoms with Crippen LogP contribution in [0.25, 0.3) is 0 Å². The normalized spacial score (nSPS) is 10.6. The van der Waals surface area contributed by atoms with E-state index in [0.29, 0.717) is 18.9 Å². The van der Waals surface area contributed by atoms with Crippen LogP contribution in [0.15, 0.2) is 53.5 Å². The average Bonchev–Trinajstić information content (AvgIpc) is 2.63. The fourth-order valence-corrected chi connectivity index (χ4v) is 2.52. The van der Waals surface area contributed by atoms with Crippen LogP contribution < -0.4 is 15.2 Å². The van der Waals surface area contributed by atoms with Gasteiger partial charge in [0.1, 0.15) is 11.5 Å². The molecular formula is C20H19ClN2O3. The molecule has 1 N–H and O–H groups in total. The van der Waals surface area contributed by atoms with Gasteiger partial charge in [-0.15, -0.1) is 0 Å². The number of aromatic nitrogens is 2. The van der Waals surface area contributed by atoms with Gasteiger partial charge in [-0.2, -0.15) is 0 Å². The highest BCUT2D eigenvalue weighted by atomic mass is 35.5. The van der Waals surface area contributed by atoms with Crippen LogP contribution in [0.3, 0.4) is 0 Å². The van der Waals surface area contributed by atoms with Gasteiger partial charge < -0.3 is 9.47 Å². The fraction of sp³-hybridized carbons (Fsp3) is 0.200. The van der Waals surface area contributed by atoms with Crippen LogP contribution in [0.2, 0.25) is 5.02 Å². The van der Waals surface area contributed by atoms with Crippen molar-refractivity contribution in [3.8, 4) is 17.4 Å². The number of nitrogens with one attached hydrogen (secondary N) is 1. The first kappa shape index (κ1) is 18.0. The predicted molar refractivity (Wildman–Crippen MR) is 101 cm³/mol. The van der Waals surface area contributed by atoms with Gasteiger partial charge >= 0.3 is 5.69 Å². The predicted octanol–water partition coefficient (Wildman–Crippen LogP) is 4.45. The highest BCUT2D eigenvalue weighted by Gasteiger charge is 2.03. The zero-order valence-corrected chi connectivity index (χ0v) is 15.3. The Kier molecular flexibility index (Phi) is 5.58. The van der Waals surface area contributed by atoms with E-state index in [0.717, 1.165) is 33.2 Å². The molecule has 0 bridgehead atoms. The van der Waals surface area contributed by atoms with Gasteiger partial charge in [-0.25, -0.2) is 9.78 Å². The largest absolute Gasteiger partial charge is 0.478 e. The summed E-state index contributed by atoms with van der Waals surface area (Å²) in [5.74, 6) is 1.97. The molecule has 0 saturated carbocycles. The monoisotopic (exact) mass is 370 g/mol. The molecule has 5 nitrogen and oxygen atoms in total. The van der Waals surface area contributed by atoms with Crippen molar-refractivity contribution in [2.45, 2.75) is 20.3 Å². The molecule has 134 valence electrons.